The molecule has 35 heavy (non-hydrogen) atoms. The Morgan fingerprint density at radius 1 is 0.971 bits per heavy atom. The molecule has 1 aromatic carbocycles. The van der Waals surface area contributed by atoms with E-state index in [4.69, 9.17) is 4.99 Å². The van der Waals surface area contributed by atoms with E-state index in [2.05, 4.69) is 74.8 Å². The molecule has 2 aromatic heterocycles. The molecule has 0 spiro atoms. The molecule has 0 unspecified atom stereocenters. The fourth-order valence-corrected chi connectivity index (χ4v) is 5.07. The zero-order valence-electron chi connectivity index (χ0n) is 21.9. The van der Waals surface area contributed by atoms with Gasteiger partial charge in [-0.25, -0.2) is 4.98 Å². The van der Waals surface area contributed by atoms with Crippen LogP contribution in [0.4, 0.5) is 0 Å². The van der Waals surface area contributed by atoms with Crippen LogP contribution in [0.5, 0.6) is 0 Å². The highest BCUT2D eigenvalue weighted by atomic mass is 15.3. The van der Waals surface area contributed by atoms with Crippen molar-refractivity contribution >= 4 is 16.7 Å². The van der Waals surface area contributed by atoms with Crippen LogP contribution in [0.15, 0.2) is 41.7 Å². The van der Waals surface area contributed by atoms with E-state index in [1.54, 1.807) is 0 Å². The number of hydrogen-bond donors (Lipinski definition) is 2. The molecule has 7 nitrogen and oxygen atoms in total. The molecule has 0 saturated carbocycles. The molecule has 0 bridgehead atoms. The molecule has 7 heteroatoms. The van der Waals surface area contributed by atoms with Crippen molar-refractivity contribution in [1.29, 1.82) is 0 Å². The lowest BCUT2D eigenvalue weighted by Crippen LogP contribution is -2.36. The number of aryl methyl sites for hydroxylation is 1. The molecule has 3 aromatic rings. The van der Waals surface area contributed by atoms with Crippen LogP contribution in [-0.4, -0.2) is 81.8 Å². The van der Waals surface area contributed by atoms with Crippen LogP contribution >= 0.6 is 0 Å². The van der Waals surface area contributed by atoms with E-state index in [1.165, 1.54) is 67.5 Å². The number of hydrogen-bond acceptors (Lipinski definition) is 5. The summed E-state index contributed by atoms with van der Waals surface area (Å²) in [5.74, 6) is 2.16. The third kappa shape index (κ3) is 7.42. The Morgan fingerprint density at radius 3 is 2.54 bits per heavy atom. The number of aromatic nitrogens is 3. The molecule has 190 valence electrons. The molecular weight excluding hydrogens is 434 g/mol. The molecule has 0 amide bonds. The molecule has 4 rings (SSSR count). The number of nitrogens with zero attached hydrogens (tertiary/aromatic N) is 5. The van der Waals surface area contributed by atoms with Gasteiger partial charge in [-0.3, -0.25) is 9.89 Å². The molecule has 0 aliphatic carbocycles. The van der Waals surface area contributed by atoms with Gasteiger partial charge in [-0.1, -0.05) is 19.9 Å². The van der Waals surface area contributed by atoms with Crippen molar-refractivity contribution in [1.82, 2.24) is 29.7 Å². The molecule has 1 aliphatic heterocycles. The van der Waals surface area contributed by atoms with Crippen molar-refractivity contribution in [2.75, 3.05) is 46.3 Å². The molecule has 3 heterocycles. The monoisotopic (exact) mass is 477 g/mol. The molecule has 0 saturated heterocycles. The number of unbranched alkanes of at least 4 members (excludes halogenated alkanes) is 1. The Labute approximate surface area is 210 Å². The summed E-state index contributed by atoms with van der Waals surface area (Å²) in [6, 6.07) is 9.18. The first-order valence-corrected chi connectivity index (χ1v) is 13.4. The maximum absolute atomic E-state index is 4.71. The van der Waals surface area contributed by atoms with Gasteiger partial charge in [0.15, 0.2) is 0 Å². The molecule has 0 fully saturated rings. The Balaban J connectivity index is 1.36. The van der Waals surface area contributed by atoms with Crippen LogP contribution < -0.4 is 0 Å². The van der Waals surface area contributed by atoms with Crippen LogP contribution in [0.1, 0.15) is 56.6 Å². The average Bonchev–Trinajstić information content (AvgIpc) is 3.59. The largest absolute Gasteiger partial charge is 0.360 e. The van der Waals surface area contributed by atoms with Crippen LogP contribution in [0.3, 0.4) is 0 Å². The summed E-state index contributed by atoms with van der Waals surface area (Å²) in [7, 11) is 2.13. The molecule has 1 aliphatic rings. The number of imidazole rings is 1. The van der Waals surface area contributed by atoms with Gasteiger partial charge in [0.1, 0.15) is 11.7 Å². The van der Waals surface area contributed by atoms with Gasteiger partial charge in [-0.05, 0) is 80.9 Å². The second-order valence-corrected chi connectivity index (χ2v) is 9.92. The number of rotatable bonds is 15. The third-order valence-electron chi connectivity index (χ3n) is 6.86. The highest BCUT2D eigenvalue weighted by Gasteiger charge is 2.18. The van der Waals surface area contributed by atoms with E-state index >= 15 is 0 Å². The van der Waals surface area contributed by atoms with Crippen molar-refractivity contribution in [2.24, 2.45) is 4.99 Å². The summed E-state index contributed by atoms with van der Waals surface area (Å²) < 4.78 is 0. The van der Waals surface area contributed by atoms with Crippen molar-refractivity contribution in [3.8, 4) is 0 Å². The number of likely N-dealkylation sites (N-methyl/N-ethyl adjacent to an activating group) is 1. The van der Waals surface area contributed by atoms with Gasteiger partial charge >= 0.3 is 0 Å². The zero-order chi connectivity index (χ0) is 24.5. The first kappa shape index (κ1) is 25.5. The normalized spacial score (nSPS) is 14.1. The summed E-state index contributed by atoms with van der Waals surface area (Å²) in [6.07, 6.45) is 9.82. The van der Waals surface area contributed by atoms with Gasteiger partial charge in [0.25, 0.3) is 0 Å². The van der Waals surface area contributed by atoms with Crippen molar-refractivity contribution in [2.45, 2.75) is 59.0 Å². The minimum Gasteiger partial charge on any atom is -0.360 e. The molecule has 2 N–H and O–H groups in total. The second kappa shape index (κ2) is 12.9. The second-order valence-electron chi connectivity index (χ2n) is 9.92. The van der Waals surface area contributed by atoms with Gasteiger partial charge < -0.3 is 19.8 Å². The van der Waals surface area contributed by atoms with E-state index < -0.39 is 0 Å². The molecule has 0 atom stereocenters. The summed E-state index contributed by atoms with van der Waals surface area (Å²) in [6.45, 7) is 12.6. The topological polar surface area (TPSA) is 66.5 Å². The summed E-state index contributed by atoms with van der Waals surface area (Å²) in [5, 5.41) is 1.31. The Bertz CT molecular complexity index is 1050. The van der Waals surface area contributed by atoms with E-state index in [9.17, 15) is 0 Å². The maximum atomic E-state index is 4.71. The average molecular weight is 478 g/mol. The van der Waals surface area contributed by atoms with Gasteiger partial charge in [0.2, 0.25) is 0 Å². The minimum atomic E-state index is 0.781. The first-order valence-electron chi connectivity index (χ1n) is 13.4. The number of nitrogens with one attached hydrogen (secondary N) is 2. The Hall–Kier alpha value is -2.64. The number of benzene rings is 1. The maximum Gasteiger partial charge on any atom is 0.120 e. The highest BCUT2D eigenvalue weighted by molar-refractivity contribution is 5.85. The van der Waals surface area contributed by atoms with Gasteiger partial charge in [-0.15, -0.1) is 0 Å². The van der Waals surface area contributed by atoms with E-state index in [0.717, 1.165) is 50.8 Å². The van der Waals surface area contributed by atoms with E-state index in [0.29, 0.717) is 0 Å². The third-order valence-corrected chi connectivity index (χ3v) is 6.86. The number of amidine groups is 1. The van der Waals surface area contributed by atoms with Crippen molar-refractivity contribution in [3.05, 3.63) is 53.7 Å². The summed E-state index contributed by atoms with van der Waals surface area (Å²) >= 11 is 0. The first-order chi connectivity index (χ1) is 17.1. The van der Waals surface area contributed by atoms with Crippen molar-refractivity contribution < 1.29 is 0 Å². The van der Waals surface area contributed by atoms with Crippen LogP contribution in [-0.2, 0) is 19.5 Å². The highest BCUT2D eigenvalue weighted by Crippen LogP contribution is 2.20. The van der Waals surface area contributed by atoms with Crippen LogP contribution in [0, 0.1) is 0 Å². The fourth-order valence-electron chi connectivity index (χ4n) is 5.07. The number of fused-ring (bicyclic) bond motifs is 1. The fraction of sp³-hybridized carbons (Fsp3) is 0.571. The van der Waals surface area contributed by atoms with Gasteiger partial charge in [-0.2, -0.15) is 0 Å². The lowest BCUT2D eigenvalue weighted by Gasteiger charge is -2.24. The quantitative estimate of drug-likeness (QED) is 0.312. The summed E-state index contributed by atoms with van der Waals surface area (Å²) in [5.41, 5.74) is 3.91. The SMILES string of the molecule is CCCN(CCC)CCCCc1cc2cc(CN(CC3=NCCN3C)Cc3ncc[nH]3)ccc2[nH]1. The van der Waals surface area contributed by atoms with Crippen LogP contribution in [0.2, 0.25) is 0 Å². The predicted octanol–water partition coefficient (Wildman–Crippen LogP) is 4.68. The number of aliphatic imine (C=N–C) groups is 1. The lowest BCUT2D eigenvalue weighted by atomic mass is 10.1. The summed E-state index contributed by atoms with van der Waals surface area (Å²) in [4.78, 5) is 23.4. The number of aromatic amines is 2. The smallest absolute Gasteiger partial charge is 0.120 e. The molecule has 0 radical (unpaired) electrons. The van der Waals surface area contributed by atoms with Gasteiger partial charge in [0.05, 0.1) is 19.6 Å². The van der Waals surface area contributed by atoms with Gasteiger partial charge in [0, 0.05) is 43.7 Å². The predicted molar refractivity (Wildman–Crippen MR) is 146 cm³/mol. The standard InChI is InChI=1S/C28H43N7/c1-4-14-34(15-5-2)16-7-6-8-25-19-24-18-23(9-10-26(24)32-25)20-35(21-27-29-11-12-30-27)22-28-31-13-17-33(28)3/h9-12,18-19,32H,4-8,13-17,20-22H2,1-3H3,(H,29,30). The Kier molecular flexibility index (Phi) is 9.37. The molecular formula is C28H43N7. The van der Waals surface area contributed by atoms with E-state index in [1.807, 2.05) is 12.4 Å². The zero-order valence-corrected chi connectivity index (χ0v) is 21.9. The minimum absolute atomic E-state index is 0.781. The van der Waals surface area contributed by atoms with Crippen molar-refractivity contribution in [3.63, 3.8) is 0 Å². The Morgan fingerprint density at radius 2 is 1.83 bits per heavy atom. The lowest BCUT2D eigenvalue weighted by molar-refractivity contribution is 0.269. The van der Waals surface area contributed by atoms with Crippen LogP contribution in [0.25, 0.3) is 10.9 Å². The number of H-pyrrole nitrogens is 2. The van der Waals surface area contributed by atoms with E-state index in [-0.39, 0.29) is 0 Å².